The predicted octanol–water partition coefficient (Wildman–Crippen LogP) is 4.48. The minimum Gasteiger partial charge on any atom is -0.341 e. The summed E-state index contributed by atoms with van der Waals surface area (Å²) in [4.78, 5) is 27.5. The van der Waals surface area contributed by atoms with E-state index in [-0.39, 0.29) is 29.6 Å². The predicted molar refractivity (Wildman–Crippen MR) is 113 cm³/mol. The van der Waals surface area contributed by atoms with Crippen LogP contribution in [0.5, 0.6) is 0 Å². The van der Waals surface area contributed by atoms with Crippen LogP contribution >= 0.6 is 0 Å². The summed E-state index contributed by atoms with van der Waals surface area (Å²) in [5.74, 6) is -0.00420. The fourth-order valence-electron chi connectivity index (χ4n) is 3.87. The largest absolute Gasteiger partial charge is 0.341 e. The van der Waals surface area contributed by atoms with Gasteiger partial charge in [0.25, 0.3) is 0 Å². The highest BCUT2D eigenvalue weighted by Crippen LogP contribution is 2.32. The summed E-state index contributed by atoms with van der Waals surface area (Å²) in [5, 5.41) is 3.01. The SMILES string of the molecule is CCc1ccc(C2CC(C(=O)Nc3ccccc3)CN(C(=O)C(C)C)C2)cc1. The maximum atomic E-state index is 12.9. The van der Waals surface area contributed by atoms with Gasteiger partial charge < -0.3 is 10.2 Å². The molecule has 2 unspecified atom stereocenters. The minimum atomic E-state index is -0.215. The third kappa shape index (κ3) is 4.80. The van der Waals surface area contributed by atoms with Crippen LogP contribution < -0.4 is 5.32 Å². The molecule has 2 amide bonds. The molecule has 1 N–H and O–H groups in total. The second kappa shape index (κ2) is 9.05. The summed E-state index contributed by atoms with van der Waals surface area (Å²) in [6, 6.07) is 18.1. The number of nitrogens with one attached hydrogen (secondary N) is 1. The van der Waals surface area contributed by atoms with E-state index in [2.05, 4.69) is 36.5 Å². The number of hydrogen-bond donors (Lipinski definition) is 1. The van der Waals surface area contributed by atoms with Gasteiger partial charge in [-0.1, -0.05) is 63.2 Å². The van der Waals surface area contributed by atoms with E-state index in [0.717, 1.165) is 18.5 Å². The van der Waals surface area contributed by atoms with Gasteiger partial charge in [-0.25, -0.2) is 0 Å². The second-order valence-electron chi connectivity index (χ2n) is 7.98. The lowest BCUT2D eigenvalue weighted by Crippen LogP contribution is -2.48. The second-order valence-corrected chi connectivity index (χ2v) is 7.98. The summed E-state index contributed by atoms with van der Waals surface area (Å²) in [6.45, 7) is 7.14. The molecule has 0 spiro atoms. The fraction of sp³-hybridized carbons (Fsp3) is 0.417. The Bertz CT molecular complexity index is 799. The average Bonchev–Trinajstić information content (AvgIpc) is 2.73. The first kappa shape index (κ1) is 20.1. The molecule has 0 saturated carbocycles. The Morgan fingerprint density at radius 2 is 1.71 bits per heavy atom. The van der Waals surface area contributed by atoms with Gasteiger partial charge in [0.05, 0.1) is 5.92 Å². The van der Waals surface area contributed by atoms with Crippen molar-refractivity contribution in [1.82, 2.24) is 4.90 Å². The molecule has 0 aromatic heterocycles. The number of piperidine rings is 1. The fourth-order valence-corrected chi connectivity index (χ4v) is 3.87. The molecule has 2 aromatic carbocycles. The lowest BCUT2D eigenvalue weighted by Gasteiger charge is -2.38. The van der Waals surface area contributed by atoms with E-state index in [0.29, 0.717) is 13.1 Å². The molecule has 2 aromatic rings. The molecular formula is C24H30N2O2. The number of likely N-dealkylation sites (tertiary alicyclic amines) is 1. The van der Waals surface area contributed by atoms with Crippen LogP contribution in [0.4, 0.5) is 5.69 Å². The van der Waals surface area contributed by atoms with Crippen molar-refractivity contribution in [3.63, 3.8) is 0 Å². The van der Waals surface area contributed by atoms with Crippen molar-refractivity contribution in [2.24, 2.45) is 11.8 Å². The van der Waals surface area contributed by atoms with Crippen molar-refractivity contribution < 1.29 is 9.59 Å². The van der Waals surface area contributed by atoms with Gasteiger partial charge in [-0.15, -0.1) is 0 Å². The number of carbonyl (C=O) groups excluding carboxylic acids is 2. The van der Waals surface area contributed by atoms with Crippen LogP contribution in [0.3, 0.4) is 0 Å². The number of hydrogen-bond acceptors (Lipinski definition) is 2. The van der Waals surface area contributed by atoms with Crippen molar-refractivity contribution in [2.45, 2.75) is 39.5 Å². The van der Waals surface area contributed by atoms with E-state index in [1.54, 1.807) is 0 Å². The molecule has 0 aliphatic carbocycles. The monoisotopic (exact) mass is 378 g/mol. The van der Waals surface area contributed by atoms with Gasteiger partial charge in [0.15, 0.2) is 0 Å². The smallest absolute Gasteiger partial charge is 0.229 e. The first-order valence-corrected chi connectivity index (χ1v) is 10.2. The minimum absolute atomic E-state index is 0.0114. The van der Waals surface area contributed by atoms with Crippen LogP contribution in [-0.4, -0.2) is 29.8 Å². The number of anilines is 1. The molecule has 4 heteroatoms. The normalized spacial score (nSPS) is 19.5. The number of benzene rings is 2. The molecule has 0 radical (unpaired) electrons. The van der Waals surface area contributed by atoms with Crippen LogP contribution in [0.25, 0.3) is 0 Å². The summed E-state index contributed by atoms with van der Waals surface area (Å²) >= 11 is 0. The highest BCUT2D eigenvalue weighted by Gasteiger charge is 2.35. The zero-order valence-corrected chi connectivity index (χ0v) is 17.0. The number of rotatable bonds is 5. The molecule has 1 fully saturated rings. The Labute approximate surface area is 167 Å². The molecule has 1 aliphatic heterocycles. The Balaban J connectivity index is 1.80. The van der Waals surface area contributed by atoms with Crippen LogP contribution in [0.1, 0.15) is 44.2 Å². The molecule has 2 atom stereocenters. The first-order chi connectivity index (χ1) is 13.5. The van der Waals surface area contributed by atoms with E-state index in [4.69, 9.17) is 0 Å². The van der Waals surface area contributed by atoms with E-state index < -0.39 is 0 Å². The Morgan fingerprint density at radius 3 is 2.32 bits per heavy atom. The van der Waals surface area contributed by atoms with Crippen LogP contribution in [0.15, 0.2) is 54.6 Å². The first-order valence-electron chi connectivity index (χ1n) is 10.2. The number of carbonyl (C=O) groups is 2. The quantitative estimate of drug-likeness (QED) is 0.834. The third-order valence-electron chi connectivity index (χ3n) is 5.53. The standard InChI is InChI=1S/C24H30N2O2/c1-4-18-10-12-19(13-11-18)20-14-21(16-26(15-20)24(28)17(2)3)23(27)25-22-8-6-5-7-9-22/h5-13,17,20-21H,4,14-16H2,1-3H3,(H,25,27). The number of amides is 2. The maximum absolute atomic E-state index is 12.9. The van der Waals surface area contributed by atoms with E-state index in [1.165, 1.54) is 11.1 Å². The van der Waals surface area contributed by atoms with Gasteiger partial charge in [-0.3, -0.25) is 9.59 Å². The van der Waals surface area contributed by atoms with Crippen LogP contribution in [0.2, 0.25) is 0 Å². The lowest BCUT2D eigenvalue weighted by atomic mass is 9.83. The van der Waals surface area contributed by atoms with Crippen molar-refractivity contribution in [2.75, 3.05) is 18.4 Å². The van der Waals surface area contributed by atoms with Gasteiger partial charge in [0.2, 0.25) is 11.8 Å². The van der Waals surface area contributed by atoms with Crippen molar-refractivity contribution in [3.05, 3.63) is 65.7 Å². The molecule has 4 nitrogen and oxygen atoms in total. The molecular weight excluding hydrogens is 348 g/mol. The van der Waals surface area contributed by atoms with Crippen molar-refractivity contribution >= 4 is 17.5 Å². The summed E-state index contributed by atoms with van der Waals surface area (Å²) in [5.41, 5.74) is 3.30. The van der Waals surface area contributed by atoms with E-state index >= 15 is 0 Å². The third-order valence-corrected chi connectivity index (χ3v) is 5.53. The topological polar surface area (TPSA) is 49.4 Å². The van der Waals surface area contributed by atoms with Gasteiger partial charge in [0.1, 0.15) is 0 Å². The maximum Gasteiger partial charge on any atom is 0.229 e. The number of para-hydroxylation sites is 1. The molecule has 1 aliphatic rings. The molecule has 148 valence electrons. The Kier molecular flexibility index (Phi) is 6.50. The summed E-state index contributed by atoms with van der Waals surface area (Å²) in [7, 11) is 0. The summed E-state index contributed by atoms with van der Waals surface area (Å²) in [6.07, 6.45) is 1.76. The highest BCUT2D eigenvalue weighted by molar-refractivity contribution is 5.93. The van der Waals surface area contributed by atoms with E-state index in [9.17, 15) is 9.59 Å². The highest BCUT2D eigenvalue weighted by atomic mass is 16.2. The Hall–Kier alpha value is -2.62. The molecule has 28 heavy (non-hydrogen) atoms. The van der Waals surface area contributed by atoms with Gasteiger partial charge in [0, 0.05) is 30.6 Å². The van der Waals surface area contributed by atoms with Crippen molar-refractivity contribution in [3.8, 4) is 0 Å². The molecule has 3 rings (SSSR count). The van der Waals surface area contributed by atoms with E-state index in [1.807, 2.05) is 49.1 Å². The van der Waals surface area contributed by atoms with Gasteiger partial charge >= 0.3 is 0 Å². The molecule has 1 heterocycles. The average molecular weight is 379 g/mol. The number of nitrogens with zero attached hydrogens (tertiary/aromatic N) is 1. The molecule has 1 saturated heterocycles. The van der Waals surface area contributed by atoms with Gasteiger partial charge in [-0.2, -0.15) is 0 Å². The zero-order chi connectivity index (χ0) is 20.1. The Morgan fingerprint density at radius 1 is 1.04 bits per heavy atom. The lowest BCUT2D eigenvalue weighted by molar-refractivity contribution is -0.138. The van der Waals surface area contributed by atoms with Crippen LogP contribution in [-0.2, 0) is 16.0 Å². The summed E-state index contributed by atoms with van der Waals surface area (Å²) < 4.78 is 0. The zero-order valence-electron chi connectivity index (χ0n) is 17.0. The number of aryl methyl sites for hydroxylation is 1. The molecule has 0 bridgehead atoms. The van der Waals surface area contributed by atoms with Crippen LogP contribution in [0, 0.1) is 11.8 Å². The van der Waals surface area contributed by atoms with Crippen molar-refractivity contribution in [1.29, 1.82) is 0 Å². The van der Waals surface area contributed by atoms with Gasteiger partial charge in [-0.05, 0) is 36.1 Å².